The molecule has 0 saturated carbocycles. The first-order valence-electron chi connectivity index (χ1n) is 6.11. The van der Waals surface area contributed by atoms with Crippen LogP contribution in [0, 0.1) is 12.7 Å². The Morgan fingerprint density at radius 2 is 1.81 bits per heavy atom. The molecule has 0 spiro atoms. The molecule has 0 bridgehead atoms. The van der Waals surface area contributed by atoms with Crippen LogP contribution in [0.25, 0.3) is 10.7 Å². The van der Waals surface area contributed by atoms with Gasteiger partial charge in [0.15, 0.2) is 5.82 Å². The first kappa shape index (κ1) is 13.9. The maximum Gasteiger partial charge on any atom is 0.231 e. The topological polar surface area (TPSA) is 50.7 Å². The van der Waals surface area contributed by atoms with E-state index in [9.17, 15) is 4.39 Å². The summed E-state index contributed by atoms with van der Waals surface area (Å²) in [6, 6.07) is 9.65. The van der Waals surface area contributed by atoms with Crippen molar-refractivity contribution in [3.8, 4) is 10.7 Å². The third-order valence-electron chi connectivity index (χ3n) is 2.64. The minimum Gasteiger partial charge on any atom is -0.324 e. The minimum atomic E-state index is -0.290. The van der Waals surface area contributed by atoms with Crippen LogP contribution in [0.4, 0.5) is 16.0 Å². The summed E-state index contributed by atoms with van der Waals surface area (Å²) in [5.41, 5.74) is 0.706. The smallest absolute Gasteiger partial charge is 0.231 e. The summed E-state index contributed by atoms with van der Waals surface area (Å²) in [6.07, 6.45) is 0. The lowest BCUT2D eigenvalue weighted by molar-refractivity contribution is 0.628. The number of anilines is 2. The molecular weight excluding hydrogens is 311 g/mol. The molecular formula is C14H10ClFN4S. The summed E-state index contributed by atoms with van der Waals surface area (Å²) in [5.74, 6) is 1.27. The van der Waals surface area contributed by atoms with Gasteiger partial charge in [0, 0.05) is 5.69 Å². The molecule has 0 amide bonds. The molecule has 4 nitrogen and oxygen atoms in total. The Kier molecular flexibility index (Phi) is 3.81. The van der Waals surface area contributed by atoms with Crippen molar-refractivity contribution < 1.29 is 4.39 Å². The molecule has 0 aliphatic rings. The Bertz CT molecular complexity index is 773. The van der Waals surface area contributed by atoms with Crippen LogP contribution >= 0.6 is 22.9 Å². The fourth-order valence-corrected chi connectivity index (χ4v) is 2.72. The molecule has 0 saturated heterocycles. The zero-order valence-electron chi connectivity index (χ0n) is 11.0. The van der Waals surface area contributed by atoms with E-state index in [4.69, 9.17) is 11.6 Å². The molecule has 0 fully saturated rings. The van der Waals surface area contributed by atoms with E-state index >= 15 is 0 Å². The Hall–Kier alpha value is -2.05. The molecule has 106 valence electrons. The SMILES string of the molecule is Cc1nc(Nc2ccc(F)cc2)nc(-c2ccc(Cl)s2)n1. The van der Waals surface area contributed by atoms with Gasteiger partial charge >= 0.3 is 0 Å². The fraction of sp³-hybridized carbons (Fsp3) is 0.0714. The first-order valence-corrected chi connectivity index (χ1v) is 7.30. The minimum absolute atomic E-state index is 0.290. The summed E-state index contributed by atoms with van der Waals surface area (Å²) in [7, 11) is 0. The third-order valence-corrected chi connectivity index (χ3v) is 3.87. The van der Waals surface area contributed by atoms with E-state index in [0.717, 1.165) is 4.88 Å². The van der Waals surface area contributed by atoms with E-state index in [1.54, 1.807) is 25.1 Å². The van der Waals surface area contributed by atoms with E-state index in [2.05, 4.69) is 20.3 Å². The third kappa shape index (κ3) is 3.34. The number of nitrogens with zero attached hydrogens (tertiary/aromatic N) is 3. The van der Waals surface area contributed by atoms with Gasteiger partial charge in [0.1, 0.15) is 11.6 Å². The normalized spacial score (nSPS) is 10.6. The van der Waals surface area contributed by atoms with E-state index in [1.807, 2.05) is 6.07 Å². The van der Waals surface area contributed by atoms with Gasteiger partial charge in [-0.1, -0.05) is 11.6 Å². The molecule has 1 aromatic carbocycles. The number of benzene rings is 1. The van der Waals surface area contributed by atoms with Crippen LogP contribution in [0.3, 0.4) is 0 Å². The highest BCUT2D eigenvalue weighted by atomic mass is 35.5. The van der Waals surface area contributed by atoms with Gasteiger partial charge in [-0.15, -0.1) is 11.3 Å². The molecule has 0 aliphatic heterocycles. The molecule has 3 rings (SSSR count). The molecule has 0 atom stereocenters. The van der Waals surface area contributed by atoms with Gasteiger partial charge in [-0.2, -0.15) is 9.97 Å². The maximum atomic E-state index is 12.9. The largest absolute Gasteiger partial charge is 0.324 e. The zero-order chi connectivity index (χ0) is 14.8. The van der Waals surface area contributed by atoms with E-state index < -0.39 is 0 Å². The molecule has 3 aromatic rings. The van der Waals surface area contributed by atoms with Gasteiger partial charge in [-0.25, -0.2) is 9.37 Å². The zero-order valence-corrected chi connectivity index (χ0v) is 12.5. The maximum absolute atomic E-state index is 12.9. The summed E-state index contributed by atoms with van der Waals surface area (Å²) >= 11 is 7.33. The van der Waals surface area contributed by atoms with E-state index in [0.29, 0.717) is 27.6 Å². The van der Waals surface area contributed by atoms with Gasteiger partial charge in [0.25, 0.3) is 0 Å². The van der Waals surface area contributed by atoms with Gasteiger partial charge in [0.2, 0.25) is 5.95 Å². The molecule has 1 N–H and O–H groups in total. The lowest BCUT2D eigenvalue weighted by Crippen LogP contribution is -2.02. The molecule has 21 heavy (non-hydrogen) atoms. The monoisotopic (exact) mass is 320 g/mol. The fourth-order valence-electron chi connectivity index (χ4n) is 1.74. The summed E-state index contributed by atoms with van der Waals surface area (Å²) in [5, 5.41) is 3.03. The van der Waals surface area contributed by atoms with Crippen molar-refractivity contribution in [1.29, 1.82) is 0 Å². The van der Waals surface area contributed by atoms with Gasteiger partial charge < -0.3 is 5.32 Å². The Morgan fingerprint density at radius 1 is 1.05 bits per heavy atom. The highest BCUT2D eigenvalue weighted by Gasteiger charge is 2.09. The van der Waals surface area contributed by atoms with Crippen LogP contribution in [-0.4, -0.2) is 15.0 Å². The Balaban J connectivity index is 1.92. The number of aryl methyl sites for hydroxylation is 1. The lowest BCUT2D eigenvalue weighted by atomic mass is 10.3. The summed E-state index contributed by atoms with van der Waals surface area (Å²) < 4.78 is 13.6. The van der Waals surface area contributed by atoms with Crippen LogP contribution in [-0.2, 0) is 0 Å². The number of rotatable bonds is 3. The van der Waals surface area contributed by atoms with Crippen molar-refractivity contribution in [3.05, 3.63) is 52.4 Å². The summed E-state index contributed by atoms with van der Waals surface area (Å²) in [6.45, 7) is 1.79. The molecule has 0 unspecified atom stereocenters. The molecule has 0 aliphatic carbocycles. The highest BCUT2D eigenvalue weighted by molar-refractivity contribution is 7.19. The Morgan fingerprint density at radius 3 is 2.48 bits per heavy atom. The van der Waals surface area contributed by atoms with Crippen molar-refractivity contribution >= 4 is 34.6 Å². The average Bonchev–Trinajstić information content (AvgIpc) is 2.88. The second-order valence-corrected chi connectivity index (χ2v) is 5.98. The standard InChI is InChI=1S/C14H10ClFN4S/c1-8-17-13(11-6-7-12(15)21-11)20-14(18-8)19-10-4-2-9(16)3-5-10/h2-7H,1H3,(H,17,18,19,20). The van der Waals surface area contributed by atoms with Crippen LogP contribution in [0.2, 0.25) is 4.34 Å². The van der Waals surface area contributed by atoms with Crippen molar-refractivity contribution in [1.82, 2.24) is 15.0 Å². The molecule has 0 radical (unpaired) electrons. The Labute approximate surface area is 129 Å². The van der Waals surface area contributed by atoms with Crippen molar-refractivity contribution in [3.63, 3.8) is 0 Å². The van der Waals surface area contributed by atoms with Gasteiger partial charge in [-0.3, -0.25) is 0 Å². The predicted molar refractivity (Wildman–Crippen MR) is 82.6 cm³/mol. The van der Waals surface area contributed by atoms with Crippen LogP contribution in [0.15, 0.2) is 36.4 Å². The van der Waals surface area contributed by atoms with Crippen molar-refractivity contribution in [2.45, 2.75) is 6.92 Å². The van der Waals surface area contributed by atoms with Crippen LogP contribution in [0.1, 0.15) is 5.82 Å². The second-order valence-electron chi connectivity index (χ2n) is 4.27. The molecule has 7 heteroatoms. The number of thiophene rings is 1. The number of hydrogen-bond donors (Lipinski definition) is 1. The second kappa shape index (κ2) is 5.75. The van der Waals surface area contributed by atoms with Gasteiger partial charge in [0.05, 0.1) is 9.21 Å². The average molecular weight is 321 g/mol. The number of aromatic nitrogens is 3. The van der Waals surface area contributed by atoms with Crippen LogP contribution < -0.4 is 5.32 Å². The molecule has 2 heterocycles. The van der Waals surface area contributed by atoms with Crippen molar-refractivity contribution in [2.75, 3.05) is 5.32 Å². The predicted octanol–water partition coefficient (Wildman–Crippen LogP) is 4.44. The number of halogens is 2. The summed E-state index contributed by atoms with van der Waals surface area (Å²) in [4.78, 5) is 13.8. The molecule has 2 aromatic heterocycles. The lowest BCUT2D eigenvalue weighted by Gasteiger charge is -2.06. The van der Waals surface area contributed by atoms with Crippen LogP contribution in [0.5, 0.6) is 0 Å². The van der Waals surface area contributed by atoms with E-state index in [1.165, 1.54) is 23.5 Å². The first-order chi connectivity index (χ1) is 10.1. The van der Waals surface area contributed by atoms with E-state index in [-0.39, 0.29) is 5.82 Å². The number of nitrogens with one attached hydrogen (secondary N) is 1. The quantitative estimate of drug-likeness (QED) is 0.775. The number of hydrogen-bond acceptors (Lipinski definition) is 5. The highest BCUT2D eigenvalue weighted by Crippen LogP contribution is 2.29. The van der Waals surface area contributed by atoms with Gasteiger partial charge in [-0.05, 0) is 43.3 Å². The van der Waals surface area contributed by atoms with Crippen molar-refractivity contribution in [2.24, 2.45) is 0 Å².